The van der Waals surface area contributed by atoms with Gasteiger partial charge in [-0.1, -0.05) is 36.4 Å². The lowest BCUT2D eigenvalue weighted by Crippen LogP contribution is -2.10. The van der Waals surface area contributed by atoms with E-state index in [0.717, 1.165) is 21.5 Å². The highest BCUT2D eigenvalue weighted by Crippen LogP contribution is 2.29. The molecule has 0 amide bonds. The normalized spacial score (nSPS) is 11.0. The van der Waals surface area contributed by atoms with Crippen LogP contribution < -0.4 is 10.4 Å². The van der Waals surface area contributed by atoms with Crippen LogP contribution in [-0.2, 0) is 11.2 Å². The number of esters is 1. The van der Waals surface area contributed by atoms with Crippen LogP contribution in [0.3, 0.4) is 0 Å². The lowest BCUT2D eigenvalue weighted by atomic mass is 10.1. The number of nitrogens with zero attached hydrogens (tertiary/aromatic N) is 1. The molecule has 0 saturated heterocycles. The van der Waals surface area contributed by atoms with E-state index in [2.05, 4.69) is 4.98 Å². The molecule has 152 valence electrons. The first-order valence-corrected chi connectivity index (χ1v) is 11.2. The molecular formula is C24H15NO4S2. The summed E-state index contributed by atoms with van der Waals surface area (Å²) < 4.78 is 10.9. The van der Waals surface area contributed by atoms with Crippen molar-refractivity contribution in [1.82, 2.24) is 4.98 Å². The molecular weight excluding hydrogens is 430 g/mol. The lowest BCUT2D eigenvalue weighted by molar-refractivity contribution is -0.133. The first-order chi connectivity index (χ1) is 15.2. The number of benzene rings is 2. The molecule has 5 nitrogen and oxygen atoms in total. The number of hydrogen-bond acceptors (Lipinski definition) is 7. The smallest absolute Gasteiger partial charge is 0.346 e. The average Bonchev–Trinajstić information content (AvgIpc) is 3.46. The van der Waals surface area contributed by atoms with Crippen LogP contribution in [0, 0.1) is 0 Å². The molecule has 0 atom stereocenters. The molecule has 0 radical (unpaired) electrons. The monoisotopic (exact) mass is 445 g/mol. The molecule has 0 N–H and O–H groups in total. The fourth-order valence-corrected chi connectivity index (χ4v) is 4.69. The van der Waals surface area contributed by atoms with Crippen molar-refractivity contribution in [2.24, 2.45) is 0 Å². The highest BCUT2D eigenvalue weighted by Gasteiger charge is 2.14. The zero-order chi connectivity index (χ0) is 21.2. The molecule has 7 heteroatoms. The number of aromatic nitrogens is 1. The summed E-state index contributed by atoms with van der Waals surface area (Å²) in [6.07, 6.45) is 0.201. The van der Waals surface area contributed by atoms with Crippen LogP contribution in [0.1, 0.15) is 4.88 Å². The van der Waals surface area contributed by atoms with E-state index in [0.29, 0.717) is 21.9 Å². The van der Waals surface area contributed by atoms with Crippen LogP contribution in [-0.4, -0.2) is 11.0 Å². The summed E-state index contributed by atoms with van der Waals surface area (Å²) in [6.45, 7) is 0. The van der Waals surface area contributed by atoms with E-state index in [1.54, 1.807) is 24.3 Å². The first kappa shape index (κ1) is 19.4. The third kappa shape index (κ3) is 4.19. The third-order valence-corrected chi connectivity index (χ3v) is 6.39. The van der Waals surface area contributed by atoms with Gasteiger partial charge in [0.05, 0.1) is 17.7 Å². The van der Waals surface area contributed by atoms with Crippen LogP contribution in [0.2, 0.25) is 0 Å². The summed E-state index contributed by atoms with van der Waals surface area (Å²) in [5.74, 6) is -0.0254. The Balaban J connectivity index is 1.41. The molecule has 31 heavy (non-hydrogen) atoms. The second-order valence-electron chi connectivity index (χ2n) is 6.78. The average molecular weight is 446 g/mol. The van der Waals surface area contributed by atoms with E-state index in [1.807, 2.05) is 53.2 Å². The van der Waals surface area contributed by atoms with Gasteiger partial charge in [0.2, 0.25) is 0 Å². The lowest BCUT2D eigenvalue weighted by Gasteiger charge is -2.05. The van der Waals surface area contributed by atoms with Crippen molar-refractivity contribution in [1.29, 1.82) is 0 Å². The summed E-state index contributed by atoms with van der Waals surface area (Å²) >= 11 is 2.89. The van der Waals surface area contributed by atoms with Gasteiger partial charge in [0.15, 0.2) is 0 Å². The van der Waals surface area contributed by atoms with E-state index < -0.39 is 5.63 Å². The third-order valence-electron chi connectivity index (χ3n) is 4.64. The second-order valence-corrected chi connectivity index (χ2v) is 8.67. The fraction of sp³-hybridized carbons (Fsp3) is 0.0417. The number of thiazole rings is 1. The SMILES string of the molecule is O=C(Cc1cccs1)Oc1ccc2cc(-c3nc(-c4ccccc4)cs3)c(=O)oc2c1. The highest BCUT2D eigenvalue weighted by atomic mass is 32.1. The first-order valence-electron chi connectivity index (χ1n) is 9.48. The summed E-state index contributed by atoms with van der Waals surface area (Å²) in [7, 11) is 0. The van der Waals surface area contributed by atoms with Crippen LogP contribution in [0.15, 0.2) is 86.7 Å². The zero-order valence-corrected chi connectivity index (χ0v) is 17.7. The number of thiophene rings is 1. The maximum Gasteiger partial charge on any atom is 0.346 e. The number of fused-ring (bicyclic) bond motifs is 1. The Morgan fingerprint density at radius 2 is 1.87 bits per heavy atom. The molecule has 3 heterocycles. The number of rotatable bonds is 5. The van der Waals surface area contributed by atoms with Crippen LogP contribution >= 0.6 is 22.7 Å². The van der Waals surface area contributed by atoms with Gasteiger partial charge in [-0.25, -0.2) is 9.78 Å². The van der Waals surface area contributed by atoms with Gasteiger partial charge in [0, 0.05) is 27.3 Å². The summed E-state index contributed by atoms with van der Waals surface area (Å²) in [5.41, 5.74) is 2.08. The minimum absolute atomic E-state index is 0.201. The molecule has 0 bridgehead atoms. The van der Waals surface area contributed by atoms with E-state index in [-0.39, 0.29) is 12.4 Å². The standard InChI is InChI=1S/C24H15NO4S2/c26-22(13-18-7-4-10-30-18)28-17-9-8-16-11-19(24(27)29-21(16)12-17)23-25-20(14-31-23)15-5-2-1-3-6-15/h1-12,14H,13H2. The Hall–Kier alpha value is -3.55. The molecule has 0 saturated carbocycles. The predicted octanol–water partition coefficient (Wildman–Crippen LogP) is 5.79. The number of hydrogen-bond donors (Lipinski definition) is 0. The van der Waals surface area contributed by atoms with Crippen molar-refractivity contribution in [2.45, 2.75) is 6.42 Å². The summed E-state index contributed by atoms with van der Waals surface area (Å²) in [5, 5.41) is 5.16. The largest absolute Gasteiger partial charge is 0.426 e. The van der Waals surface area contributed by atoms with Crippen LogP contribution in [0.5, 0.6) is 5.75 Å². The van der Waals surface area contributed by atoms with Crippen molar-refractivity contribution in [3.63, 3.8) is 0 Å². The van der Waals surface area contributed by atoms with Gasteiger partial charge < -0.3 is 9.15 Å². The molecule has 0 aliphatic carbocycles. The predicted molar refractivity (Wildman–Crippen MR) is 123 cm³/mol. The van der Waals surface area contributed by atoms with Gasteiger partial charge in [-0.2, -0.15) is 0 Å². The van der Waals surface area contributed by atoms with Gasteiger partial charge in [-0.3, -0.25) is 4.79 Å². The maximum atomic E-state index is 12.6. The van der Waals surface area contributed by atoms with E-state index in [1.165, 1.54) is 22.7 Å². The van der Waals surface area contributed by atoms with Crippen LogP contribution in [0.25, 0.3) is 32.8 Å². The Morgan fingerprint density at radius 1 is 1.00 bits per heavy atom. The van der Waals surface area contributed by atoms with Crippen molar-refractivity contribution in [2.75, 3.05) is 0 Å². The van der Waals surface area contributed by atoms with Crippen molar-refractivity contribution >= 4 is 39.6 Å². The topological polar surface area (TPSA) is 69.4 Å². The Morgan fingerprint density at radius 3 is 2.68 bits per heavy atom. The van der Waals surface area contributed by atoms with Crippen molar-refractivity contribution in [3.8, 4) is 27.6 Å². The van der Waals surface area contributed by atoms with Gasteiger partial charge in [-0.05, 0) is 29.6 Å². The van der Waals surface area contributed by atoms with Crippen molar-refractivity contribution < 1.29 is 13.9 Å². The highest BCUT2D eigenvalue weighted by molar-refractivity contribution is 7.13. The quantitative estimate of drug-likeness (QED) is 0.194. The summed E-state index contributed by atoms with van der Waals surface area (Å²) in [4.78, 5) is 30.3. The van der Waals surface area contributed by atoms with Gasteiger partial charge in [-0.15, -0.1) is 22.7 Å². The fourth-order valence-electron chi connectivity index (χ4n) is 3.17. The molecule has 3 aromatic heterocycles. The van der Waals surface area contributed by atoms with Gasteiger partial charge in [0.1, 0.15) is 16.3 Å². The van der Waals surface area contributed by atoms with Crippen LogP contribution in [0.4, 0.5) is 0 Å². The molecule has 2 aromatic carbocycles. The molecule has 0 unspecified atom stereocenters. The molecule has 5 aromatic rings. The van der Waals surface area contributed by atoms with Gasteiger partial charge >= 0.3 is 11.6 Å². The molecule has 0 aliphatic rings. The minimum Gasteiger partial charge on any atom is -0.426 e. The van der Waals surface area contributed by atoms with E-state index >= 15 is 0 Å². The minimum atomic E-state index is -0.483. The molecule has 0 spiro atoms. The molecule has 5 rings (SSSR count). The van der Waals surface area contributed by atoms with E-state index in [9.17, 15) is 9.59 Å². The number of carbonyl (C=O) groups is 1. The zero-order valence-electron chi connectivity index (χ0n) is 16.1. The Labute approximate surface area is 185 Å². The Kier molecular flexibility index (Phi) is 5.19. The number of carbonyl (C=O) groups excluding carboxylic acids is 1. The maximum absolute atomic E-state index is 12.6. The van der Waals surface area contributed by atoms with Crippen molar-refractivity contribution in [3.05, 3.63) is 92.8 Å². The van der Waals surface area contributed by atoms with E-state index in [4.69, 9.17) is 9.15 Å². The van der Waals surface area contributed by atoms with Gasteiger partial charge in [0.25, 0.3) is 0 Å². The second kappa shape index (κ2) is 8.29. The Bertz CT molecular complexity index is 1420. The number of ether oxygens (including phenoxy) is 1. The summed E-state index contributed by atoms with van der Waals surface area (Å²) in [6, 6.07) is 20.3. The molecule has 0 fully saturated rings. The molecule has 0 aliphatic heterocycles.